The Morgan fingerprint density at radius 1 is 1.35 bits per heavy atom. The predicted molar refractivity (Wildman–Crippen MR) is 80.5 cm³/mol. The van der Waals surface area contributed by atoms with E-state index in [1.807, 2.05) is 12.1 Å². The van der Waals surface area contributed by atoms with Gasteiger partial charge < -0.3 is 10.1 Å². The molecular weight excluding hydrogens is 248 g/mol. The standard InChI is InChI=1S/C17H24N2O/c1-13-5-3-4-6-15(13)11-19-12-16-9-14(10-18)7-8-17(16)20-2/h7-9,13,15,19H,3-6,11-12H2,1-2H3. The molecule has 1 saturated carbocycles. The lowest BCUT2D eigenvalue weighted by Gasteiger charge is -2.29. The fourth-order valence-electron chi connectivity index (χ4n) is 3.07. The lowest BCUT2D eigenvalue weighted by molar-refractivity contribution is 0.247. The zero-order chi connectivity index (χ0) is 14.4. The van der Waals surface area contributed by atoms with Crippen LogP contribution < -0.4 is 10.1 Å². The normalized spacial score (nSPS) is 22.2. The van der Waals surface area contributed by atoms with Gasteiger partial charge in [0.1, 0.15) is 5.75 Å². The predicted octanol–water partition coefficient (Wildman–Crippen LogP) is 3.48. The molecular formula is C17H24N2O. The molecule has 0 saturated heterocycles. The largest absolute Gasteiger partial charge is 0.496 e. The first-order valence-corrected chi connectivity index (χ1v) is 7.52. The van der Waals surface area contributed by atoms with E-state index in [1.54, 1.807) is 13.2 Å². The third kappa shape index (κ3) is 3.74. The van der Waals surface area contributed by atoms with Crippen molar-refractivity contribution < 1.29 is 4.74 Å². The van der Waals surface area contributed by atoms with Crippen molar-refractivity contribution in [1.29, 1.82) is 5.26 Å². The molecule has 1 aliphatic carbocycles. The first-order chi connectivity index (χ1) is 9.74. The zero-order valence-corrected chi connectivity index (χ0v) is 12.5. The van der Waals surface area contributed by atoms with Crippen LogP contribution in [-0.2, 0) is 6.54 Å². The first-order valence-electron chi connectivity index (χ1n) is 7.52. The maximum atomic E-state index is 8.98. The number of nitrogens with one attached hydrogen (secondary N) is 1. The number of hydrogen-bond donors (Lipinski definition) is 1. The molecule has 1 aromatic rings. The van der Waals surface area contributed by atoms with E-state index in [0.717, 1.165) is 36.2 Å². The highest BCUT2D eigenvalue weighted by Gasteiger charge is 2.20. The van der Waals surface area contributed by atoms with Crippen LogP contribution in [0, 0.1) is 23.2 Å². The Kier molecular flexibility index (Phi) is 5.43. The molecule has 0 amide bonds. The van der Waals surface area contributed by atoms with Gasteiger partial charge in [0.15, 0.2) is 0 Å². The molecule has 1 aliphatic rings. The average molecular weight is 272 g/mol. The number of nitrogens with zero attached hydrogens (tertiary/aromatic N) is 1. The molecule has 0 radical (unpaired) electrons. The zero-order valence-electron chi connectivity index (χ0n) is 12.5. The molecule has 0 heterocycles. The van der Waals surface area contributed by atoms with E-state index >= 15 is 0 Å². The Hall–Kier alpha value is -1.53. The van der Waals surface area contributed by atoms with Gasteiger partial charge in [0.25, 0.3) is 0 Å². The van der Waals surface area contributed by atoms with Gasteiger partial charge in [-0.15, -0.1) is 0 Å². The number of rotatable bonds is 5. The van der Waals surface area contributed by atoms with Gasteiger partial charge in [-0.2, -0.15) is 5.26 Å². The Morgan fingerprint density at radius 3 is 2.85 bits per heavy atom. The number of nitriles is 1. The summed E-state index contributed by atoms with van der Waals surface area (Å²) in [6, 6.07) is 7.77. The van der Waals surface area contributed by atoms with Crippen LogP contribution in [0.4, 0.5) is 0 Å². The molecule has 0 aromatic heterocycles. The van der Waals surface area contributed by atoms with Crippen molar-refractivity contribution in [3.63, 3.8) is 0 Å². The van der Waals surface area contributed by atoms with Crippen LogP contribution in [0.15, 0.2) is 18.2 Å². The number of benzene rings is 1. The Labute approximate surface area is 121 Å². The van der Waals surface area contributed by atoms with Crippen molar-refractivity contribution >= 4 is 0 Å². The van der Waals surface area contributed by atoms with Crippen molar-refractivity contribution in [2.24, 2.45) is 11.8 Å². The van der Waals surface area contributed by atoms with Crippen LogP contribution in [-0.4, -0.2) is 13.7 Å². The molecule has 108 valence electrons. The summed E-state index contributed by atoms with van der Waals surface area (Å²) in [4.78, 5) is 0. The minimum absolute atomic E-state index is 0.689. The highest BCUT2D eigenvalue weighted by Crippen LogP contribution is 2.29. The monoisotopic (exact) mass is 272 g/mol. The molecule has 1 fully saturated rings. The summed E-state index contributed by atoms with van der Waals surface area (Å²) >= 11 is 0. The van der Waals surface area contributed by atoms with Gasteiger partial charge in [-0.3, -0.25) is 0 Å². The SMILES string of the molecule is COc1ccc(C#N)cc1CNCC1CCCCC1C. The topological polar surface area (TPSA) is 45.0 Å². The highest BCUT2D eigenvalue weighted by atomic mass is 16.5. The van der Waals surface area contributed by atoms with Gasteiger partial charge in [-0.25, -0.2) is 0 Å². The highest BCUT2D eigenvalue weighted by molar-refractivity contribution is 5.41. The summed E-state index contributed by atoms with van der Waals surface area (Å²) < 4.78 is 5.36. The smallest absolute Gasteiger partial charge is 0.123 e. The van der Waals surface area contributed by atoms with Crippen LogP contribution in [0.3, 0.4) is 0 Å². The fourth-order valence-corrected chi connectivity index (χ4v) is 3.07. The summed E-state index contributed by atoms with van der Waals surface area (Å²) in [5.41, 5.74) is 1.75. The van der Waals surface area contributed by atoms with Gasteiger partial charge in [0, 0.05) is 12.1 Å². The van der Waals surface area contributed by atoms with E-state index in [1.165, 1.54) is 25.7 Å². The van der Waals surface area contributed by atoms with Gasteiger partial charge >= 0.3 is 0 Å². The molecule has 0 bridgehead atoms. The summed E-state index contributed by atoms with van der Waals surface area (Å²) in [6.45, 7) is 4.19. The van der Waals surface area contributed by atoms with E-state index in [0.29, 0.717) is 5.56 Å². The fraction of sp³-hybridized carbons (Fsp3) is 0.588. The Bertz CT molecular complexity index is 478. The summed E-state index contributed by atoms with van der Waals surface area (Å²) in [5, 5.41) is 12.5. The lowest BCUT2D eigenvalue weighted by atomic mass is 9.80. The molecule has 3 heteroatoms. The van der Waals surface area contributed by atoms with Crippen LogP contribution in [0.1, 0.15) is 43.7 Å². The Morgan fingerprint density at radius 2 is 2.15 bits per heavy atom. The van der Waals surface area contributed by atoms with E-state index in [2.05, 4.69) is 18.3 Å². The number of methoxy groups -OCH3 is 1. The maximum Gasteiger partial charge on any atom is 0.123 e. The van der Waals surface area contributed by atoms with Crippen LogP contribution >= 0.6 is 0 Å². The minimum Gasteiger partial charge on any atom is -0.496 e. The molecule has 2 rings (SSSR count). The summed E-state index contributed by atoms with van der Waals surface area (Å²) in [5.74, 6) is 2.46. The van der Waals surface area contributed by atoms with Gasteiger partial charge in [-0.1, -0.05) is 26.2 Å². The van der Waals surface area contributed by atoms with Gasteiger partial charge in [-0.05, 0) is 43.0 Å². The van der Waals surface area contributed by atoms with Crippen molar-refractivity contribution in [2.45, 2.75) is 39.2 Å². The van der Waals surface area contributed by atoms with E-state index in [4.69, 9.17) is 10.00 Å². The van der Waals surface area contributed by atoms with E-state index < -0.39 is 0 Å². The number of ether oxygens (including phenoxy) is 1. The maximum absolute atomic E-state index is 8.98. The second-order valence-electron chi connectivity index (χ2n) is 5.79. The van der Waals surface area contributed by atoms with Crippen molar-refractivity contribution in [2.75, 3.05) is 13.7 Å². The van der Waals surface area contributed by atoms with Crippen LogP contribution in [0.25, 0.3) is 0 Å². The summed E-state index contributed by atoms with van der Waals surface area (Å²) in [6.07, 6.45) is 5.45. The van der Waals surface area contributed by atoms with Gasteiger partial charge in [0.05, 0.1) is 18.7 Å². The minimum atomic E-state index is 0.689. The van der Waals surface area contributed by atoms with E-state index in [9.17, 15) is 0 Å². The second kappa shape index (κ2) is 7.31. The third-order valence-corrected chi connectivity index (χ3v) is 4.42. The van der Waals surface area contributed by atoms with Crippen LogP contribution in [0.2, 0.25) is 0 Å². The summed E-state index contributed by atoms with van der Waals surface area (Å²) in [7, 11) is 1.67. The van der Waals surface area contributed by atoms with Crippen molar-refractivity contribution in [3.8, 4) is 11.8 Å². The molecule has 2 atom stereocenters. The first kappa shape index (κ1) is 14.9. The van der Waals surface area contributed by atoms with Crippen LogP contribution in [0.5, 0.6) is 5.75 Å². The third-order valence-electron chi connectivity index (χ3n) is 4.42. The number of hydrogen-bond acceptors (Lipinski definition) is 3. The lowest BCUT2D eigenvalue weighted by Crippen LogP contribution is -2.29. The second-order valence-corrected chi connectivity index (χ2v) is 5.79. The average Bonchev–Trinajstić information content (AvgIpc) is 2.49. The molecule has 0 aliphatic heterocycles. The van der Waals surface area contributed by atoms with E-state index in [-0.39, 0.29) is 0 Å². The molecule has 2 unspecified atom stereocenters. The van der Waals surface area contributed by atoms with Crippen molar-refractivity contribution in [1.82, 2.24) is 5.32 Å². The quantitative estimate of drug-likeness (QED) is 0.892. The van der Waals surface area contributed by atoms with Gasteiger partial charge in [0.2, 0.25) is 0 Å². The molecule has 20 heavy (non-hydrogen) atoms. The molecule has 3 nitrogen and oxygen atoms in total. The molecule has 1 N–H and O–H groups in total. The Balaban J connectivity index is 1.91. The van der Waals surface area contributed by atoms with Crippen molar-refractivity contribution in [3.05, 3.63) is 29.3 Å². The molecule has 0 spiro atoms. The molecule has 1 aromatic carbocycles.